The maximum atomic E-state index is 13.6. The van der Waals surface area contributed by atoms with E-state index in [4.69, 9.17) is 12.2 Å². The van der Waals surface area contributed by atoms with Crippen LogP contribution in [0.5, 0.6) is 0 Å². The van der Waals surface area contributed by atoms with E-state index in [1.54, 1.807) is 0 Å². The molecule has 3 N–H and O–H groups in total. The number of aromatic nitrogens is 2. The van der Waals surface area contributed by atoms with Gasteiger partial charge in [-0.15, -0.1) is 0 Å². The van der Waals surface area contributed by atoms with Gasteiger partial charge in [0.05, 0.1) is 11.0 Å². The van der Waals surface area contributed by atoms with E-state index in [9.17, 15) is 14.4 Å². The van der Waals surface area contributed by atoms with Gasteiger partial charge in [-0.1, -0.05) is 17.7 Å². The minimum atomic E-state index is -1.41. The van der Waals surface area contributed by atoms with Crippen LogP contribution in [0.25, 0.3) is 11.0 Å². The van der Waals surface area contributed by atoms with Crippen molar-refractivity contribution in [1.29, 1.82) is 0 Å². The number of rotatable bonds is 1. The highest BCUT2D eigenvalue weighted by atomic mass is 32.1. The lowest BCUT2D eigenvalue weighted by atomic mass is 9.78. The molecule has 2 aromatic carbocycles. The highest BCUT2D eigenvalue weighted by Gasteiger charge is 2.61. The second-order valence-electron chi connectivity index (χ2n) is 8.02. The number of benzene rings is 2. The Labute approximate surface area is 181 Å². The summed E-state index contributed by atoms with van der Waals surface area (Å²) in [6, 6.07) is 11.3. The number of imidazole rings is 1. The lowest BCUT2D eigenvalue weighted by molar-refractivity contribution is -0.121. The van der Waals surface area contributed by atoms with Gasteiger partial charge < -0.3 is 20.2 Å². The molecule has 0 bridgehead atoms. The van der Waals surface area contributed by atoms with E-state index >= 15 is 0 Å². The molecule has 1 aromatic heterocycles. The number of hydrogen-bond acceptors (Lipinski definition) is 5. The first-order valence-corrected chi connectivity index (χ1v) is 10.2. The average molecular weight is 428 g/mol. The van der Waals surface area contributed by atoms with E-state index in [1.165, 1.54) is 12.2 Å². The molecule has 3 aliphatic rings. The van der Waals surface area contributed by atoms with Crippen molar-refractivity contribution in [3.8, 4) is 0 Å². The number of nitrogens with zero attached hydrogens (tertiary/aromatic N) is 1. The Morgan fingerprint density at radius 2 is 1.74 bits per heavy atom. The van der Waals surface area contributed by atoms with Crippen molar-refractivity contribution in [1.82, 2.24) is 9.97 Å². The Bertz CT molecular complexity index is 1490. The minimum Gasteiger partial charge on any atom is -0.345 e. The van der Waals surface area contributed by atoms with E-state index in [0.717, 1.165) is 16.6 Å². The number of allylic oxidation sites excluding steroid dienone is 2. The molecule has 1 unspecified atom stereocenters. The molecule has 1 aliphatic carbocycles. The Morgan fingerprint density at radius 1 is 0.968 bits per heavy atom. The van der Waals surface area contributed by atoms with E-state index in [1.807, 2.05) is 48.2 Å². The van der Waals surface area contributed by atoms with Crippen LogP contribution in [0.1, 0.15) is 11.1 Å². The molecule has 2 aliphatic heterocycles. The molecule has 7 nitrogen and oxygen atoms in total. The molecule has 0 radical (unpaired) electrons. The SMILES string of the molecule is Cc1ccc2c(c1)C1(C(=O)N2)C2=C(CN1c1ccc3[nH]c(=S)[nH]c3c1)C(=O)C=CC2=O. The van der Waals surface area contributed by atoms with Gasteiger partial charge in [-0.25, -0.2) is 0 Å². The van der Waals surface area contributed by atoms with Crippen LogP contribution in [-0.2, 0) is 19.9 Å². The largest absolute Gasteiger partial charge is 0.345 e. The van der Waals surface area contributed by atoms with E-state index in [0.29, 0.717) is 27.3 Å². The zero-order valence-corrected chi connectivity index (χ0v) is 17.2. The van der Waals surface area contributed by atoms with Gasteiger partial charge in [0, 0.05) is 34.6 Å². The van der Waals surface area contributed by atoms with Crippen LogP contribution in [-0.4, -0.2) is 34.0 Å². The molecule has 152 valence electrons. The van der Waals surface area contributed by atoms with Crippen molar-refractivity contribution >= 4 is 52.1 Å². The molecule has 8 heteroatoms. The fraction of sp³-hybridized carbons (Fsp3) is 0.130. The molecule has 1 amide bonds. The summed E-state index contributed by atoms with van der Waals surface area (Å²) in [6.07, 6.45) is 2.55. The van der Waals surface area contributed by atoms with Gasteiger partial charge in [0.1, 0.15) is 0 Å². The number of aromatic amines is 2. The molecule has 0 fully saturated rings. The number of carbonyl (C=O) groups excluding carboxylic acids is 3. The molecule has 31 heavy (non-hydrogen) atoms. The Morgan fingerprint density at radius 3 is 2.58 bits per heavy atom. The summed E-state index contributed by atoms with van der Waals surface area (Å²) >= 11 is 5.20. The highest BCUT2D eigenvalue weighted by molar-refractivity contribution is 7.71. The fourth-order valence-electron chi connectivity index (χ4n) is 4.96. The zero-order chi connectivity index (χ0) is 21.5. The maximum Gasteiger partial charge on any atom is 0.259 e. The highest BCUT2D eigenvalue weighted by Crippen LogP contribution is 2.53. The molecule has 3 heterocycles. The summed E-state index contributed by atoms with van der Waals surface area (Å²) in [6.45, 7) is 2.09. The first-order chi connectivity index (χ1) is 14.9. The van der Waals surface area contributed by atoms with Gasteiger partial charge in [0.2, 0.25) is 0 Å². The zero-order valence-electron chi connectivity index (χ0n) is 16.4. The van der Waals surface area contributed by atoms with E-state index < -0.39 is 5.54 Å². The number of amides is 1. The number of nitrogens with one attached hydrogen (secondary N) is 3. The topological polar surface area (TPSA) is 98.1 Å². The predicted molar refractivity (Wildman–Crippen MR) is 118 cm³/mol. The normalized spacial score (nSPS) is 22.0. The number of anilines is 2. The van der Waals surface area contributed by atoms with Crippen molar-refractivity contribution in [2.75, 3.05) is 16.8 Å². The first-order valence-electron chi connectivity index (χ1n) is 9.82. The van der Waals surface area contributed by atoms with Crippen LogP contribution in [0.4, 0.5) is 11.4 Å². The lowest BCUT2D eigenvalue weighted by Gasteiger charge is -2.37. The smallest absolute Gasteiger partial charge is 0.259 e. The second-order valence-corrected chi connectivity index (χ2v) is 8.43. The molecule has 3 aromatic rings. The summed E-state index contributed by atoms with van der Waals surface area (Å²) in [4.78, 5) is 47.5. The fourth-order valence-corrected chi connectivity index (χ4v) is 5.18. The van der Waals surface area contributed by atoms with Gasteiger partial charge in [-0.3, -0.25) is 14.4 Å². The summed E-state index contributed by atoms with van der Waals surface area (Å²) in [5.41, 5.74) is 3.79. The molecule has 1 atom stereocenters. The second kappa shape index (κ2) is 5.89. The van der Waals surface area contributed by atoms with Gasteiger partial charge in [-0.2, -0.15) is 0 Å². The van der Waals surface area contributed by atoms with E-state index in [2.05, 4.69) is 15.3 Å². The standard InChI is InChI=1S/C23H16N4O3S/c1-11-2-4-15-14(8-11)23(21(30)24-15)20-13(18(28)6-7-19(20)29)10-27(23)12-3-5-16-17(9-12)26-22(31)25-16/h2-9H,10H2,1H3,(H,24,30)(H2,25,26,31). The van der Waals surface area contributed by atoms with Crippen LogP contribution in [0.2, 0.25) is 0 Å². The Balaban J connectivity index is 1.67. The third-order valence-electron chi connectivity index (χ3n) is 6.27. The van der Waals surface area contributed by atoms with Crippen LogP contribution in [0.3, 0.4) is 0 Å². The monoisotopic (exact) mass is 428 g/mol. The Kier molecular flexibility index (Phi) is 3.42. The van der Waals surface area contributed by atoms with Crippen molar-refractivity contribution in [2.24, 2.45) is 0 Å². The number of ketones is 2. The van der Waals surface area contributed by atoms with Gasteiger partial charge >= 0.3 is 0 Å². The quantitative estimate of drug-likeness (QED) is 0.408. The molecular formula is C23H16N4O3S. The van der Waals surface area contributed by atoms with Crippen molar-refractivity contribution in [3.05, 3.63) is 75.6 Å². The first kappa shape index (κ1) is 18.0. The minimum absolute atomic E-state index is 0.154. The van der Waals surface area contributed by atoms with Gasteiger partial charge in [0.15, 0.2) is 21.9 Å². The van der Waals surface area contributed by atoms with Crippen molar-refractivity contribution < 1.29 is 14.4 Å². The Hall–Kier alpha value is -3.78. The number of H-pyrrole nitrogens is 2. The molecule has 6 rings (SSSR count). The van der Waals surface area contributed by atoms with E-state index in [-0.39, 0.29) is 29.6 Å². The molecule has 0 saturated carbocycles. The molecule has 1 spiro atoms. The number of fused-ring (bicyclic) bond motifs is 4. The van der Waals surface area contributed by atoms with Crippen LogP contribution in [0, 0.1) is 11.7 Å². The predicted octanol–water partition coefficient (Wildman–Crippen LogP) is 3.21. The van der Waals surface area contributed by atoms with Crippen LogP contribution in [0.15, 0.2) is 59.7 Å². The van der Waals surface area contributed by atoms with Crippen LogP contribution >= 0.6 is 12.2 Å². The number of carbonyl (C=O) groups is 3. The lowest BCUT2D eigenvalue weighted by Crippen LogP contribution is -2.50. The van der Waals surface area contributed by atoms with Crippen LogP contribution < -0.4 is 10.2 Å². The maximum absolute atomic E-state index is 13.6. The van der Waals surface area contributed by atoms with Crippen molar-refractivity contribution in [2.45, 2.75) is 12.5 Å². The average Bonchev–Trinajstić information content (AvgIpc) is 3.38. The number of aryl methyl sites for hydroxylation is 1. The van der Waals surface area contributed by atoms with Gasteiger partial charge in [-0.05, 0) is 55.6 Å². The van der Waals surface area contributed by atoms with Gasteiger partial charge in [0.25, 0.3) is 5.91 Å². The molecular weight excluding hydrogens is 412 g/mol. The summed E-state index contributed by atoms with van der Waals surface area (Å²) in [5, 5.41) is 2.93. The third-order valence-corrected chi connectivity index (χ3v) is 6.47. The number of hydrogen-bond donors (Lipinski definition) is 3. The summed E-state index contributed by atoms with van der Waals surface area (Å²) in [7, 11) is 0. The summed E-state index contributed by atoms with van der Waals surface area (Å²) < 4.78 is 0.495. The summed E-state index contributed by atoms with van der Waals surface area (Å²) in [5.74, 6) is -0.895. The molecule has 0 saturated heterocycles. The third kappa shape index (κ3) is 2.22. The van der Waals surface area contributed by atoms with Crippen molar-refractivity contribution in [3.63, 3.8) is 0 Å².